The second-order valence-corrected chi connectivity index (χ2v) is 5.56. The van der Waals surface area contributed by atoms with Gasteiger partial charge in [-0.2, -0.15) is 0 Å². The third-order valence-corrected chi connectivity index (χ3v) is 3.80. The van der Waals surface area contributed by atoms with Gasteiger partial charge in [0.2, 0.25) is 0 Å². The summed E-state index contributed by atoms with van der Waals surface area (Å²) in [7, 11) is 0. The molecule has 3 N–H and O–H groups in total. The first-order chi connectivity index (χ1) is 8.09. The molecule has 94 valence electrons. The van der Waals surface area contributed by atoms with E-state index in [9.17, 15) is 9.59 Å². The highest BCUT2D eigenvalue weighted by molar-refractivity contribution is 9.11. The van der Waals surface area contributed by atoms with Crippen LogP contribution in [-0.2, 0) is 11.3 Å². The van der Waals surface area contributed by atoms with Gasteiger partial charge in [-0.15, -0.1) is 11.3 Å². The van der Waals surface area contributed by atoms with Crippen LogP contribution >= 0.6 is 27.3 Å². The van der Waals surface area contributed by atoms with Gasteiger partial charge >= 0.3 is 12.0 Å². The number of carbonyl (C=O) groups excluding carboxylic acids is 1. The molecule has 0 saturated heterocycles. The smallest absolute Gasteiger partial charge is 0.315 e. The minimum atomic E-state index is -0.852. The summed E-state index contributed by atoms with van der Waals surface area (Å²) in [5, 5.41) is 15.6. The first-order valence-electron chi connectivity index (χ1n) is 5.05. The number of aliphatic carboxylic acids is 1. The van der Waals surface area contributed by atoms with Crippen LogP contribution in [0.4, 0.5) is 4.79 Å². The minimum Gasteiger partial charge on any atom is -0.481 e. The molecule has 1 aromatic heterocycles. The fraction of sp³-hybridized carbons (Fsp3) is 0.400. The highest BCUT2D eigenvalue weighted by Gasteiger charge is 2.04. The fourth-order valence-electron chi connectivity index (χ4n) is 1.13. The fourth-order valence-corrected chi connectivity index (χ4v) is 2.36. The number of hydrogen-bond donors (Lipinski definition) is 3. The lowest BCUT2D eigenvalue weighted by Gasteiger charge is -2.06. The van der Waals surface area contributed by atoms with E-state index in [1.54, 1.807) is 11.3 Å². The van der Waals surface area contributed by atoms with Crippen LogP contribution in [0.2, 0.25) is 0 Å². The van der Waals surface area contributed by atoms with Gasteiger partial charge in [0.25, 0.3) is 0 Å². The second-order valence-electron chi connectivity index (χ2n) is 3.33. The Hall–Kier alpha value is -1.08. The molecule has 1 heterocycles. The van der Waals surface area contributed by atoms with Crippen molar-refractivity contribution in [3.63, 3.8) is 0 Å². The van der Waals surface area contributed by atoms with Gasteiger partial charge in [0.05, 0.1) is 3.79 Å². The number of rotatable bonds is 6. The topological polar surface area (TPSA) is 78.4 Å². The first kappa shape index (κ1) is 14.0. The summed E-state index contributed by atoms with van der Waals surface area (Å²) in [4.78, 5) is 21.5. The maximum Gasteiger partial charge on any atom is 0.315 e. The van der Waals surface area contributed by atoms with E-state index in [0.717, 1.165) is 9.35 Å². The van der Waals surface area contributed by atoms with Crippen LogP contribution in [0.15, 0.2) is 15.2 Å². The first-order valence-corrected chi connectivity index (χ1v) is 6.72. The summed E-state index contributed by atoms with van der Waals surface area (Å²) in [5.41, 5.74) is 1.02. The predicted molar refractivity (Wildman–Crippen MR) is 69.1 cm³/mol. The highest BCUT2D eigenvalue weighted by Crippen LogP contribution is 2.22. The quantitative estimate of drug-likeness (QED) is 0.703. The molecule has 0 radical (unpaired) electrons. The summed E-state index contributed by atoms with van der Waals surface area (Å²) in [5.74, 6) is -0.852. The Labute approximate surface area is 111 Å². The average molecular weight is 321 g/mol. The molecule has 1 rings (SSSR count). The zero-order valence-electron chi connectivity index (χ0n) is 9.03. The van der Waals surface area contributed by atoms with Crippen molar-refractivity contribution in [1.82, 2.24) is 10.6 Å². The van der Waals surface area contributed by atoms with E-state index in [1.807, 2.05) is 11.4 Å². The molecule has 0 saturated carbocycles. The van der Waals surface area contributed by atoms with Gasteiger partial charge in [0.1, 0.15) is 0 Å². The van der Waals surface area contributed by atoms with E-state index < -0.39 is 5.97 Å². The van der Waals surface area contributed by atoms with Gasteiger partial charge in [0, 0.05) is 19.5 Å². The molecule has 5 nitrogen and oxygen atoms in total. The number of halogens is 1. The van der Waals surface area contributed by atoms with Crippen LogP contribution in [0.1, 0.15) is 18.4 Å². The largest absolute Gasteiger partial charge is 0.481 e. The van der Waals surface area contributed by atoms with Crippen molar-refractivity contribution in [2.24, 2.45) is 0 Å². The van der Waals surface area contributed by atoms with E-state index in [4.69, 9.17) is 5.11 Å². The van der Waals surface area contributed by atoms with Crippen molar-refractivity contribution in [3.05, 3.63) is 20.8 Å². The molecule has 0 aromatic carbocycles. The molecule has 7 heteroatoms. The normalized spacial score (nSPS) is 9.94. The number of urea groups is 1. The number of hydrogen-bond acceptors (Lipinski definition) is 3. The van der Waals surface area contributed by atoms with Crippen molar-refractivity contribution in [3.8, 4) is 0 Å². The molecule has 1 aromatic rings. The van der Waals surface area contributed by atoms with Crippen molar-refractivity contribution >= 4 is 39.3 Å². The molecule has 0 unspecified atom stereocenters. The maximum absolute atomic E-state index is 11.3. The molecule has 0 fully saturated rings. The van der Waals surface area contributed by atoms with E-state index in [-0.39, 0.29) is 12.5 Å². The molecule has 0 atom stereocenters. The summed E-state index contributed by atoms with van der Waals surface area (Å²) in [6, 6.07) is 1.65. The predicted octanol–water partition coefficient (Wildman–Crippen LogP) is 2.17. The Morgan fingerprint density at radius 1 is 1.41 bits per heavy atom. The van der Waals surface area contributed by atoms with Gasteiger partial charge < -0.3 is 15.7 Å². The van der Waals surface area contributed by atoms with Crippen molar-refractivity contribution in [2.45, 2.75) is 19.4 Å². The summed E-state index contributed by atoms with van der Waals surface area (Å²) >= 11 is 4.94. The zero-order chi connectivity index (χ0) is 12.7. The van der Waals surface area contributed by atoms with Crippen LogP contribution < -0.4 is 10.6 Å². The Bertz CT molecular complexity index is 395. The SMILES string of the molecule is O=C(O)CCCNC(=O)NCc1ccsc1Br. The summed E-state index contributed by atoms with van der Waals surface area (Å²) in [6.07, 6.45) is 0.501. The van der Waals surface area contributed by atoms with E-state index in [2.05, 4.69) is 26.6 Å². The molecule has 2 amide bonds. The van der Waals surface area contributed by atoms with Gasteiger partial charge in [-0.1, -0.05) is 0 Å². The molecule has 0 bridgehead atoms. The molecule has 17 heavy (non-hydrogen) atoms. The molecule has 0 aliphatic rings. The standard InChI is InChI=1S/C10H13BrN2O3S/c11-9-7(3-5-17-9)6-13-10(16)12-4-1-2-8(14)15/h3,5H,1-2,4,6H2,(H,14,15)(H2,12,13,16). The van der Waals surface area contributed by atoms with Gasteiger partial charge in [-0.3, -0.25) is 4.79 Å². The van der Waals surface area contributed by atoms with Crippen LogP contribution in [0, 0.1) is 0 Å². The number of amides is 2. The maximum atomic E-state index is 11.3. The Morgan fingerprint density at radius 3 is 2.76 bits per heavy atom. The van der Waals surface area contributed by atoms with E-state index in [1.165, 1.54) is 0 Å². The lowest BCUT2D eigenvalue weighted by atomic mass is 10.3. The average Bonchev–Trinajstić information content (AvgIpc) is 2.67. The van der Waals surface area contributed by atoms with Crippen LogP contribution in [-0.4, -0.2) is 23.7 Å². The highest BCUT2D eigenvalue weighted by atomic mass is 79.9. The van der Waals surface area contributed by atoms with Gasteiger partial charge in [-0.25, -0.2) is 4.79 Å². The Kier molecular flexibility index (Phi) is 5.99. The van der Waals surface area contributed by atoms with E-state index in [0.29, 0.717) is 19.5 Å². The Balaban J connectivity index is 2.13. The minimum absolute atomic E-state index is 0.0658. The number of carbonyl (C=O) groups is 2. The molecule has 0 aliphatic carbocycles. The Morgan fingerprint density at radius 2 is 2.18 bits per heavy atom. The van der Waals surface area contributed by atoms with Gasteiger partial charge in [-0.05, 0) is 39.4 Å². The zero-order valence-corrected chi connectivity index (χ0v) is 11.4. The number of carboxylic acids is 1. The number of nitrogens with one attached hydrogen (secondary N) is 2. The molecular weight excluding hydrogens is 308 g/mol. The monoisotopic (exact) mass is 320 g/mol. The van der Waals surface area contributed by atoms with Crippen molar-refractivity contribution < 1.29 is 14.7 Å². The van der Waals surface area contributed by atoms with Crippen molar-refractivity contribution in [2.75, 3.05) is 6.54 Å². The summed E-state index contributed by atoms with van der Waals surface area (Å²) in [6.45, 7) is 0.817. The third kappa shape index (κ3) is 5.69. The molecule has 0 spiro atoms. The van der Waals surface area contributed by atoms with Crippen LogP contribution in [0.3, 0.4) is 0 Å². The number of carboxylic acid groups (broad SMARTS) is 1. The molecule has 0 aliphatic heterocycles. The second kappa shape index (κ2) is 7.29. The van der Waals surface area contributed by atoms with Crippen LogP contribution in [0.5, 0.6) is 0 Å². The van der Waals surface area contributed by atoms with Crippen LogP contribution in [0.25, 0.3) is 0 Å². The third-order valence-electron chi connectivity index (χ3n) is 1.99. The van der Waals surface area contributed by atoms with Gasteiger partial charge in [0.15, 0.2) is 0 Å². The lowest BCUT2D eigenvalue weighted by Crippen LogP contribution is -2.35. The molecular formula is C10H13BrN2O3S. The summed E-state index contributed by atoms with van der Waals surface area (Å²) < 4.78 is 1.00. The van der Waals surface area contributed by atoms with Crippen molar-refractivity contribution in [1.29, 1.82) is 0 Å². The number of thiophene rings is 1. The van der Waals surface area contributed by atoms with E-state index >= 15 is 0 Å². The lowest BCUT2D eigenvalue weighted by molar-refractivity contribution is -0.137.